The molecule has 0 aliphatic rings. The molecule has 1 aromatic heterocycles. The molecule has 3 aromatic rings. The molecule has 2 aromatic carbocycles. The number of aromatic nitrogens is 2. The normalized spacial score (nSPS) is 10.4. The molecule has 0 saturated carbocycles. The number of para-hydroxylation sites is 1. The van der Waals surface area contributed by atoms with Crippen LogP contribution in [0.3, 0.4) is 0 Å². The number of benzene rings is 2. The van der Waals surface area contributed by atoms with E-state index >= 15 is 0 Å². The van der Waals surface area contributed by atoms with Crippen molar-refractivity contribution in [3.05, 3.63) is 72.4 Å². The number of nitrogens with zero attached hydrogens (tertiary/aromatic N) is 2. The SMILES string of the molecule is CSc1ccccc1CNC(=O)Nc1ccnn1-c1ccccc1. The van der Waals surface area contributed by atoms with Crippen molar-refractivity contribution in [2.24, 2.45) is 0 Å². The summed E-state index contributed by atoms with van der Waals surface area (Å²) in [6.45, 7) is 0.475. The van der Waals surface area contributed by atoms with Gasteiger partial charge >= 0.3 is 6.03 Å². The Morgan fingerprint density at radius 3 is 2.62 bits per heavy atom. The second-order valence-corrected chi connectivity index (χ2v) is 5.93. The highest BCUT2D eigenvalue weighted by Crippen LogP contribution is 2.19. The molecule has 0 aliphatic heterocycles. The molecule has 0 bridgehead atoms. The molecule has 0 radical (unpaired) electrons. The number of rotatable bonds is 5. The molecule has 2 N–H and O–H groups in total. The van der Waals surface area contributed by atoms with Gasteiger partial charge in [-0.2, -0.15) is 5.10 Å². The average molecular weight is 338 g/mol. The van der Waals surface area contributed by atoms with Gasteiger partial charge in [0.15, 0.2) is 0 Å². The predicted molar refractivity (Wildman–Crippen MR) is 97.6 cm³/mol. The first-order chi connectivity index (χ1) is 11.8. The first kappa shape index (κ1) is 16.1. The Morgan fingerprint density at radius 1 is 1.08 bits per heavy atom. The zero-order valence-corrected chi connectivity index (χ0v) is 14.1. The second kappa shape index (κ2) is 7.70. The Morgan fingerprint density at radius 2 is 1.83 bits per heavy atom. The molecular formula is C18H18N4OS. The van der Waals surface area contributed by atoms with Gasteiger partial charge in [-0.25, -0.2) is 9.48 Å². The van der Waals surface area contributed by atoms with E-state index in [4.69, 9.17) is 0 Å². The zero-order valence-electron chi connectivity index (χ0n) is 13.3. The van der Waals surface area contributed by atoms with Crippen LogP contribution >= 0.6 is 11.8 Å². The topological polar surface area (TPSA) is 59.0 Å². The number of hydrogen-bond donors (Lipinski definition) is 2. The Labute approximate surface area is 145 Å². The smallest absolute Gasteiger partial charge is 0.320 e. The highest BCUT2D eigenvalue weighted by Gasteiger charge is 2.09. The van der Waals surface area contributed by atoms with Crippen LogP contribution < -0.4 is 10.6 Å². The van der Waals surface area contributed by atoms with Crippen molar-refractivity contribution in [1.29, 1.82) is 0 Å². The number of carbonyl (C=O) groups excluding carboxylic acids is 1. The van der Waals surface area contributed by atoms with Crippen molar-refractivity contribution in [3.63, 3.8) is 0 Å². The lowest BCUT2D eigenvalue weighted by molar-refractivity contribution is 0.251. The van der Waals surface area contributed by atoms with Gasteiger partial charge in [0.05, 0.1) is 11.9 Å². The maximum Gasteiger partial charge on any atom is 0.320 e. The molecule has 6 heteroatoms. The largest absolute Gasteiger partial charge is 0.334 e. The van der Waals surface area contributed by atoms with Crippen molar-refractivity contribution < 1.29 is 4.79 Å². The molecular weight excluding hydrogens is 320 g/mol. The minimum atomic E-state index is -0.261. The number of thioether (sulfide) groups is 1. The summed E-state index contributed by atoms with van der Waals surface area (Å²) in [4.78, 5) is 13.4. The minimum Gasteiger partial charge on any atom is -0.334 e. The molecule has 122 valence electrons. The van der Waals surface area contributed by atoms with E-state index in [1.165, 1.54) is 0 Å². The summed E-state index contributed by atoms with van der Waals surface area (Å²) in [7, 11) is 0. The summed E-state index contributed by atoms with van der Waals surface area (Å²) in [5.74, 6) is 0.622. The molecule has 5 nitrogen and oxygen atoms in total. The van der Waals surface area contributed by atoms with Gasteiger partial charge < -0.3 is 5.32 Å². The lowest BCUT2D eigenvalue weighted by Gasteiger charge is -2.11. The number of amides is 2. The second-order valence-electron chi connectivity index (χ2n) is 5.08. The first-order valence-electron chi connectivity index (χ1n) is 7.54. The molecule has 3 rings (SSSR count). The van der Waals surface area contributed by atoms with Gasteiger partial charge in [-0.05, 0) is 30.0 Å². The fourth-order valence-electron chi connectivity index (χ4n) is 2.36. The number of hydrogen-bond acceptors (Lipinski definition) is 3. The van der Waals surface area contributed by atoms with E-state index in [1.807, 2.05) is 60.9 Å². The van der Waals surface area contributed by atoms with Gasteiger partial charge in [-0.1, -0.05) is 36.4 Å². The van der Waals surface area contributed by atoms with Crippen molar-refractivity contribution in [2.45, 2.75) is 11.4 Å². The van der Waals surface area contributed by atoms with Gasteiger partial charge in [0.1, 0.15) is 5.82 Å². The Kier molecular flexibility index (Phi) is 5.18. The predicted octanol–water partition coefficient (Wildman–Crippen LogP) is 3.92. The third-order valence-corrected chi connectivity index (χ3v) is 4.36. The molecule has 0 fully saturated rings. The van der Waals surface area contributed by atoms with Gasteiger partial charge in [0.25, 0.3) is 0 Å². The molecule has 0 spiro atoms. The third-order valence-electron chi connectivity index (χ3n) is 3.52. The zero-order chi connectivity index (χ0) is 16.8. The highest BCUT2D eigenvalue weighted by molar-refractivity contribution is 7.98. The van der Waals surface area contributed by atoms with E-state index in [0.29, 0.717) is 12.4 Å². The molecule has 2 amide bonds. The average Bonchev–Trinajstić information content (AvgIpc) is 3.09. The van der Waals surface area contributed by atoms with Crippen LogP contribution in [0.15, 0.2) is 71.8 Å². The van der Waals surface area contributed by atoms with Crippen molar-refractivity contribution in [2.75, 3.05) is 11.6 Å². The number of anilines is 1. The standard InChI is InChI=1S/C18H18N4OS/c1-24-16-10-6-5-7-14(16)13-19-18(23)21-17-11-12-20-22(17)15-8-3-2-4-9-15/h2-12H,13H2,1H3,(H2,19,21,23). The monoisotopic (exact) mass is 338 g/mol. The molecule has 24 heavy (non-hydrogen) atoms. The van der Waals surface area contributed by atoms with Crippen molar-refractivity contribution in [3.8, 4) is 5.69 Å². The summed E-state index contributed by atoms with van der Waals surface area (Å²) in [6.07, 6.45) is 3.68. The first-order valence-corrected chi connectivity index (χ1v) is 8.76. The summed E-state index contributed by atoms with van der Waals surface area (Å²) >= 11 is 1.67. The van der Waals surface area contributed by atoms with Crippen LogP contribution in [-0.2, 0) is 6.54 Å². The fourth-order valence-corrected chi connectivity index (χ4v) is 2.98. The molecule has 0 unspecified atom stereocenters. The lowest BCUT2D eigenvalue weighted by atomic mass is 10.2. The Balaban J connectivity index is 1.65. The maximum absolute atomic E-state index is 12.2. The van der Waals surface area contributed by atoms with Crippen LogP contribution in [0, 0.1) is 0 Å². The minimum absolute atomic E-state index is 0.261. The van der Waals surface area contributed by atoms with Crippen LogP contribution in [0.1, 0.15) is 5.56 Å². The third kappa shape index (κ3) is 3.78. The summed E-state index contributed by atoms with van der Waals surface area (Å²) in [5.41, 5.74) is 1.99. The van der Waals surface area contributed by atoms with Crippen LogP contribution in [0.4, 0.5) is 10.6 Å². The Bertz CT molecular complexity index is 817. The molecule has 1 heterocycles. The fraction of sp³-hybridized carbons (Fsp3) is 0.111. The van der Waals surface area contributed by atoms with E-state index in [-0.39, 0.29) is 6.03 Å². The highest BCUT2D eigenvalue weighted by atomic mass is 32.2. The van der Waals surface area contributed by atoms with E-state index < -0.39 is 0 Å². The maximum atomic E-state index is 12.2. The summed E-state index contributed by atoms with van der Waals surface area (Å²) in [6, 6.07) is 19.2. The van der Waals surface area contributed by atoms with Gasteiger partial charge in [0, 0.05) is 17.5 Å². The Hall–Kier alpha value is -2.73. The molecule has 0 aliphatic carbocycles. The van der Waals surface area contributed by atoms with Gasteiger partial charge in [-0.3, -0.25) is 5.32 Å². The molecule has 0 atom stereocenters. The van der Waals surface area contributed by atoms with E-state index in [0.717, 1.165) is 16.1 Å². The molecule has 0 saturated heterocycles. The van der Waals surface area contributed by atoms with E-state index in [9.17, 15) is 4.79 Å². The quantitative estimate of drug-likeness (QED) is 0.693. The van der Waals surface area contributed by atoms with Crippen molar-refractivity contribution in [1.82, 2.24) is 15.1 Å². The van der Waals surface area contributed by atoms with Crippen LogP contribution in [-0.4, -0.2) is 22.1 Å². The van der Waals surface area contributed by atoms with Gasteiger partial charge in [-0.15, -0.1) is 11.8 Å². The summed E-state index contributed by atoms with van der Waals surface area (Å²) < 4.78 is 1.69. The number of urea groups is 1. The number of carbonyl (C=O) groups is 1. The van der Waals surface area contributed by atoms with Crippen molar-refractivity contribution >= 4 is 23.6 Å². The summed E-state index contributed by atoms with van der Waals surface area (Å²) in [5, 5.41) is 9.98. The van der Waals surface area contributed by atoms with E-state index in [1.54, 1.807) is 28.7 Å². The van der Waals surface area contributed by atoms with Gasteiger partial charge in [0.2, 0.25) is 0 Å². The number of nitrogens with one attached hydrogen (secondary N) is 2. The lowest BCUT2D eigenvalue weighted by Crippen LogP contribution is -2.29. The van der Waals surface area contributed by atoms with Crippen LogP contribution in [0.25, 0.3) is 5.69 Å². The van der Waals surface area contributed by atoms with E-state index in [2.05, 4.69) is 15.7 Å². The van der Waals surface area contributed by atoms with Crippen LogP contribution in [0.2, 0.25) is 0 Å². The van der Waals surface area contributed by atoms with Crippen LogP contribution in [0.5, 0.6) is 0 Å².